The third-order valence-corrected chi connectivity index (χ3v) is 3.90. The molecule has 1 aromatic heterocycles. The number of nitrogen functional groups attached to an aromatic ring is 1. The molecule has 100 valence electrons. The van der Waals surface area contributed by atoms with E-state index in [2.05, 4.69) is 16.0 Å². The molecule has 0 bridgehead atoms. The standard InChI is InChI=1S/C15H19N3O/c16-13-5-1-4-12-14(6-7-17-15(12)13)18-8-2-3-11(9-18)10-19/h1,4-7,11,19H,2-3,8-10,16H2. The highest BCUT2D eigenvalue weighted by molar-refractivity contribution is 5.98. The smallest absolute Gasteiger partial charge is 0.0951 e. The van der Waals surface area contributed by atoms with Crippen molar-refractivity contribution >= 4 is 22.3 Å². The van der Waals surface area contributed by atoms with Gasteiger partial charge in [-0.1, -0.05) is 12.1 Å². The Morgan fingerprint density at radius 3 is 3.11 bits per heavy atom. The Hall–Kier alpha value is -1.81. The van der Waals surface area contributed by atoms with Crippen LogP contribution in [0.2, 0.25) is 0 Å². The molecule has 0 saturated carbocycles. The predicted molar refractivity (Wildman–Crippen MR) is 78.2 cm³/mol. The maximum Gasteiger partial charge on any atom is 0.0951 e. The molecule has 0 spiro atoms. The van der Waals surface area contributed by atoms with E-state index in [1.807, 2.05) is 24.4 Å². The normalized spacial score (nSPS) is 19.8. The Morgan fingerprint density at radius 1 is 1.37 bits per heavy atom. The van der Waals surface area contributed by atoms with Crippen molar-refractivity contribution in [3.05, 3.63) is 30.5 Å². The Labute approximate surface area is 112 Å². The van der Waals surface area contributed by atoms with Crippen LogP contribution in [0.15, 0.2) is 30.5 Å². The molecule has 0 amide bonds. The predicted octanol–water partition coefficient (Wildman–Crippen LogP) is 2.03. The second kappa shape index (κ2) is 5.05. The SMILES string of the molecule is Nc1cccc2c(N3CCCC(CO)C3)ccnc12. The molecular formula is C15H19N3O. The first-order valence-electron chi connectivity index (χ1n) is 6.78. The molecule has 2 heterocycles. The van der Waals surface area contributed by atoms with Crippen LogP contribution >= 0.6 is 0 Å². The van der Waals surface area contributed by atoms with Crippen LogP contribution in [0.25, 0.3) is 10.9 Å². The summed E-state index contributed by atoms with van der Waals surface area (Å²) in [5, 5.41) is 10.5. The van der Waals surface area contributed by atoms with Gasteiger partial charge in [0, 0.05) is 37.0 Å². The quantitative estimate of drug-likeness (QED) is 0.808. The average Bonchev–Trinajstić information content (AvgIpc) is 2.47. The van der Waals surface area contributed by atoms with Gasteiger partial charge in [0.15, 0.2) is 0 Å². The third-order valence-electron chi connectivity index (χ3n) is 3.90. The van der Waals surface area contributed by atoms with Crippen LogP contribution in [0.4, 0.5) is 11.4 Å². The highest BCUT2D eigenvalue weighted by atomic mass is 16.3. The number of hydrogen-bond donors (Lipinski definition) is 2. The largest absolute Gasteiger partial charge is 0.397 e. The molecule has 3 rings (SSSR count). The number of aliphatic hydroxyl groups excluding tert-OH is 1. The first-order valence-corrected chi connectivity index (χ1v) is 6.78. The summed E-state index contributed by atoms with van der Waals surface area (Å²) in [5.74, 6) is 0.373. The summed E-state index contributed by atoms with van der Waals surface area (Å²) in [6.07, 6.45) is 4.05. The molecule has 1 unspecified atom stereocenters. The molecule has 1 saturated heterocycles. The number of rotatable bonds is 2. The number of piperidine rings is 1. The second-order valence-corrected chi connectivity index (χ2v) is 5.21. The van der Waals surface area contributed by atoms with Crippen LogP contribution in [-0.2, 0) is 0 Å². The molecule has 3 N–H and O–H groups in total. The van der Waals surface area contributed by atoms with Crippen molar-refractivity contribution in [2.24, 2.45) is 5.92 Å². The number of aromatic nitrogens is 1. The van der Waals surface area contributed by atoms with E-state index in [4.69, 9.17) is 5.73 Å². The number of para-hydroxylation sites is 1. The average molecular weight is 257 g/mol. The van der Waals surface area contributed by atoms with Crippen molar-refractivity contribution in [3.8, 4) is 0 Å². The van der Waals surface area contributed by atoms with Crippen LogP contribution in [-0.4, -0.2) is 29.8 Å². The fourth-order valence-corrected chi connectivity index (χ4v) is 2.89. The van der Waals surface area contributed by atoms with Crippen molar-refractivity contribution in [2.75, 3.05) is 30.3 Å². The van der Waals surface area contributed by atoms with E-state index >= 15 is 0 Å². The number of hydrogen-bond acceptors (Lipinski definition) is 4. The van der Waals surface area contributed by atoms with E-state index in [1.165, 1.54) is 5.69 Å². The summed E-state index contributed by atoms with van der Waals surface area (Å²) in [4.78, 5) is 6.72. The number of benzene rings is 1. The topological polar surface area (TPSA) is 62.4 Å². The lowest BCUT2D eigenvalue weighted by Crippen LogP contribution is -2.36. The van der Waals surface area contributed by atoms with Gasteiger partial charge in [-0.25, -0.2) is 0 Å². The Balaban J connectivity index is 2.03. The van der Waals surface area contributed by atoms with E-state index in [9.17, 15) is 5.11 Å². The van der Waals surface area contributed by atoms with Crippen LogP contribution in [0.3, 0.4) is 0 Å². The summed E-state index contributed by atoms with van der Waals surface area (Å²) in [7, 11) is 0. The maximum atomic E-state index is 9.35. The van der Waals surface area contributed by atoms with Crippen molar-refractivity contribution in [1.82, 2.24) is 4.98 Å². The summed E-state index contributed by atoms with van der Waals surface area (Å²) in [6, 6.07) is 7.96. The van der Waals surface area contributed by atoms with Gasteiger partial charge >= 0.3 is 0 Å². The van der Waals surface area contributed by atoms with Crippen molar-refractivity contribution in [1.29, 1.82) is 0 Å². The number of aliphatic hydroxyl groups is 1. The summed E-state index contributed by atoms with van der Waals surface area (Å²) >= 11 is 0. The van der Waals surface area contributed by atoms with Crippen LogP contribution in [0.1, 0.15) is 12.8 Å². The lowest BCUT2D eigenvalue weighted by atomic mass is 9.98. The summed E-state index contributed by atoms with van der Waals surface area (Å²) in [6.45, 7) is 2.20. The van der Waals surface area contributed by atoms with E-state index in [0.29, 0.717) is 5.92 Å². The van der Waals surface area contributed by atoms with E-state index in [0.717, 1.165) is 42.5 Å². The third kappa shape index (κ3) is 2.24. The van der Waals surface area contributed by atoms with E-state index in [1.54, 1.807) is 0 Å². The highest BCUT2D eigenvalue weighted by Crippen LogP contribution is 2.31. The fourth-order valence-electron chi connectivity index (χ4n) is 2.89. The van der Waals surface area contributed by atoms with Gasteiger partial charge in [-0.05, 0) is 30.9 Å². The van der Waals surface area contributed by atoms with Crippen molar-refractivity contribution < 1.29 is 5.11 Å². The minimum atomic E-state index is 0.266. The highest BCUT2D eigenvalue weighted by Gasteiger charge is 2.21. The monoisotopic (exact) mass is 257 g/mol. The molecule has 1 atom stereocenters. The van der Waals surface area contributed by atoms with Gasteiger partial charge in [-0.2, -0.15) is 0 Å². The van der Waals surface area contributed by atoms with Gasteiger partial charge in [0.1, 0.15) is 0 Å². The lowest BCUT2D eigenvalue weighted by Gasteiger charge is -2.34. The van der Waals surface area contributed by atoms with Gasteiger partial charge in [0.25, 0.3) is 0 Å². The van der Waals surface area contributed by atoms with Crippen LogP contribution in [0.5, 0.6) is 0 Å². The first-order chi connectivity index (χ1) is 9.29. The molecule has 4 heteroatoms. The zero-order valence-electron chi connectivity index (χ0n) is 10.9. The first kappa shape index (κ1) is 12.2. The van der Waals surface area contributed by atoms with E-state index in [-0.39, 0.29) is 6.61 Å². The molecule has 0 radical (unpaired) electrons. The van der Waals surface area contributed by atoms with Gasteiger partial charge < -0.3 is 15.7 Å². The Bertz CT molecular complexity index is 585. The zero-order valence-corrected chi connectivity index (χ0v) is 10.9. The molecule has 2 aromatic rings. The molecular weight excluding hydrogens is 238 g/mol. The van der Waals surface area contributed by atoms with Gasteiger partial charge in [0.2, 0.25) is 0 Å². The van der Waals surface area contributed by atoms with E-state index < -0.39 is 0 Å². The van der Waals surface area contributed by atoms with Gasteiger partial charge in [0.05, 0.1) is 11.2 Å². The number of nitrogens with zero attached hydrogens (tertiary/aromatic N) is 2. The van der Waals surface area contributed by atoms with Crippen molar-refractivity contribution in [3.63, 3.8) is 0 Å². The summed E-state index contributed by atoms with van der Waals surface area (Å²) < 4.78 is 0. The lowest BCUT2D eigenvalue weighted by molar-refractivity contribution is 0.209. The van der Waals surface area contributed by atoms with Crippen LogP contribution < -0.4 is 10.6 Å². The minimum absolute atomic E-state index is 0.266. The van der Waals surface area contributed by atoms with Crippen LogP contribution in [0, 0.1) is 5.92 Å². The molecule has 19 heavy (non-hydrogen) atoms. The molecule has 1 fully saturated rings. The number of fused-ring (bicyclic) bond motifs is 1. The fraction of sp³-hybridized carbons (Fsp3) is 0.400. The Morgan fingerprint density at radius 2 is 2.26 bits per heavy atom. The van der Waals surface area contributed by atoms with Gasteiger partial charge in [-0.3, -0.25) is 4.98 Å². The zero-order chi connectivity index (χ0) is 13.2. The molecule has 0 aliphatic carbocycles. The maximum absolute atomic E-state index is 9.35. The number of nitrogens with two attached hydrogens (primary N) is 1. The number of anilines is 2. The molecule has 4 nitrogen and oxygen atoms in total. The minimum Gasteiger partial charge on any atom is -0.397 e. The number of pyridine rings is 1. The molecule has 1 aromatic carbocycles. The molecule has 1 aliphatic rings. The molecule has 1 aliphatic heterocycles. The second-order valence-electron chi connectivity index (χ2n) is 5.21. The van der Waals surface area contributed by atoms with Gasteiger partial charge in [-0.15, -0.1) is 0 Å². The van der Waals surface area contributed by atoms with Crippen molar-refractivity contribution in [2.45, 2.75) is 12.8 Å². The summed E-state index contributed by atoms with van der Waals surface area (Å²) in [5.41, 5.74) is 8.75. The Kier molecular flexibility index (Phi) is 3.25.